The number of benzene rings is 2. The molecular weight excluding hydrogens is 354 g/mol. The summed E-state index contributed by atoms with van der Waals surface area (Å²) in [6.45, 7) is 1.77. The molecule has 0 aliphatic rings. The number of phenols is 1. The Kier molecular flexibility index (Phi) is 5.24. The number of aryl methyl sites for hydroxylation is 1. The largest absolute Gasteiger partial charge is 0.508 e. The van der Waals surface area contributed by atoms with Crippen LogP contribution in [0.25, 0.3) is 5.57 Å². The highest BCUT2D eigenvalue weighted by molar-refractivity contribution is 6.30. The van der Waals surface area contributed by atoms with Gasteiger partial charge in [-0.25, -0.2) is 0 Å². The fourth-order valence-electron chi connectivity index (χ4n) is 2.22. The van der Waals surface area contributed by atoms with Crippen molar-refractivity contribution in [1.82, 2.24) is 5.16 Å². The van der Waals surface area contributed by atoms with Gasteiger partial charge in [0.15, 0.2) is 5.76 Å². The minimum Gasteiger partial charge on any atom is -0.508 e. The van der Waals surface area contributed by atoms with Crippen molar-refractivity contribution in [3.05, 3.63) is 77.3 Å². The molecule has 7 heteroatoms. The van der Waals surface area contributed by atoms with Crippen molar-refractivity contribution in [2.45, 2.75) is 6.92 Å². The van der Waals surface area contributed by atoms with Crippen molar-refractivity contribution < 1.29 is 14.4 Å². The van der Waals surface area contributed by atoms with E-state index in [0.29, 0.717) is 27.9 Å². The molecule has 0 unspecified atom stereocenters. The summed E-state index contributed by atoms with van der Waals surface area (Å²) in [5, 5.41) is 19.7. The molecule has 6 nitrogen and oxygen atoms in total. The van der Waals surface area contributed by atoms with E-state index in [1.54, 1.807) is 55.5 Å². The maximum absolute atomic E-state index is 12.7. The number of anilines is 2. The third kappa shape index (κ3) is 4.43. The first-order valence-corrected chi connectivity index (χ1v) is 8.15. The summed E-state index contributed by atoms with van der Waals surface area (Å²) in [6, 6.07) is 15.0. The summed E-state index contributed by atoms with van der Waals surface area (Å²) in [7, 11) is 0. The molecule has 0 fully saturated rings. The number of nitrogens with one attached hydrogen (secondary N) is 2. The predicted octanol–water partition coefficient (Wildman–Crippen LogP) is 4.43. The van der Waals surface area contributed by atoms with Gasteiger partial charge in [0.1, 0.15) is 11.3 Å². The van der Waals surface area contributed by atoms with E-state index in [0.717, 1.165) is 0 Å². The molecular formula is C19H16ClN3O3. The Morgan fingerprint density at radius 3 is 2.58 bits per heavy atom. The van der Waals surface area contributed by atoms with Gasteiger partial charge in [0, 0.05) is 34.7 Å². The van der Waals surface area contributed by atoms with Gasteiger partial charge in [0.2, 0.25) is 0 Å². The number of carbonyl (C=O) groups excluding carboxylic acids is 1. The zero-order chi connectivity index (χ0) is 18.5. The molecule has 3 N–H and O–H groups in total. The first-order valence-electron chi connectivity index (χ1n) is 7.77. The minimum atomic E-state index is -0.379. The maximum Gasteiger partial charge on any atom is 0.261 e. The van der Waals surface area contributed by atoms with Crippen LogP contribution < -0.4 is 10.6 Å². The summed E-state index contributed by atoms with van der Waals surface area (Å²) < 4.78 is 5.23. The molecule has 1 aromatic heterocycles. The van der Waals surface area contributed by atoms with Crippen LogP contribution in [-0.4, -0.2) is 16.2 Å². The molecule has 3 aromatic rings. The lowest BCUT2D eigenvalue weighted by atomic mass is 10.2. The minimum absolute atomic E-state index is 0.117. The van der Waals surface area contributed by atoms with Crippen molar-refractivity contribution in [1.29, 1.82) is 0 Å². The van der Waals surface area contributed by atoms with E-state index in [1.165, 1.54) is 12.3 Å². The van der Waals surface area contributed by atoms with Gasteiger partial charge in [-0.05, 0) is 43.3 Å². The van der Waals surface area contributed by atoms with Gasteiger partial charge in [0.25, 0.3) is 5.91 Å². The Morgan fingerprint density at radius 2 is 1.92 bits per heavy atom. The monoisotopic (exact) mass is 369 g/mol. The Morgan fingerprint density at radius 1 is 1.15 bits per heavy atom. The van der Waals surface area contributed by atoms with Crippen LogP contribution in [0.4, 0.5) is 11.4 Å². The summed E-state index contributed by atoms with van der Waals surface area (Å²) in [4.78, 5) is 12.7. The van der Waals surface area contributed by atoms with Gasteiger partial charge in [-0.2, -0.15) is 0 Å². The molecule has 0 atom stereocenters. The van der Waals surface area contributed by atoms with Crippen molar-refractivity contribution in [3.8, 4) is 5.75 Å². The van der Waals surface area contributed by atoms with Crippen LogP contribution >= 0.6 is 11.6 Å². The SMILES string of the molecule is Cc1cc(/C(=C\Nc2cccc(O)c2)C(=O)Nc2ccc(Cl)cc2)on1. The highest BCUT2D eigenvalue weighted by atomic mass is 35.5. The third-order valence-corrected chi connectivity index (χ3v) is 3.72. The Balaban J connectivity index is 1.86. The van der Waals surface area contributed by atoms with E-state index in [2.05, 4.69) is 15.8 Å². The van der Waals surface area contributed by atoms with Gasteiger partial charge in [-0.3, -0.25) is 4.79 Å². The lowest BCUT2D eigenvalue weighted by molar-refractivity contribution is -0.111. The van der Waals surface area contributed by atoms with Gasteiger partial charge in [-0.15, -0.1) is 0 Å². The van der Waals surface area contributed by atoms with Crippen LogP contribution in [0.2, 0.25) is 5.02 Å². The van der Waals surface area contributed by atoms with Gasteiger partial charge >= 0.3 is 0 Å². The Labute approximate surface area is 155 Å². The molecule has 1 heterocycles. The number of carbonyl (C=O) groups is 1. The van der Waals surface area contributed by atoms with E-state index in [1.807, 2.05) is 0 Å². The van der Waals surface area contributed by atoms with E-state index in [4.69, 9.17) is 16.1 Å². The zero-order valence-electron chi connectivity index (χ0n) is 13.9. The molecule has 0 aliphatic heterocycles. The number of phenolic OH excluding ortho intramolecular Hbond substituents is 1. The Hall–Kier alpha value is -3.25. The predicted molar refractivity (Wildman–Crippen MR) is 101 cm³/mol. The van der Waals surface area contributed by atoms with Crippen molar-refractivity contribution in [2.75, 3.05) is 10.6 Å². The van der Waals surface area contributed by atoms with Crippen LogP contribution in [0.1, 0.15) is 11.5 Å². The quantitative estimate of drug-likeness (QED) is 0.579. The maximum atomic E-state index is 12.7. The summed E-state index contributed by atoms with van der Waals surface area (Å²) in [6.07, 6.45) is 1.50. The number of hydrogen-bond donors (Lipinski definition) is 3. The third-order valence-electron chi connectivity index (χ3n) is 3.47. The smallest absolute Gasteiger partial charge is 0.261 e. The molecule has 0 saturated carbocycles. The van der Waals surface area contributed by atoms with Crippen molar-refractivity contribution >= 4 is 34.5 Å². The zero-order valence-corrected chi connectivity index (χ0v) is 14.6. The lowest BCUT2D eigenvalue weighted by Gasteiger charge is -2.08. The van der Waals surface area contributed by atoms with E-state index < -0.39 is 0 Å². The van der Waals surface area contributed by atoms with Gasteiger partial charge in [0.05, 0.1) is 5.69 Å². The normalized spacial score (nSPS) is 11.2. The van der Waals surface area contributed by atoms with Crippen LogP contribution in [0.3, 0.4) is 0 Å². The lowest BCUT2D eigenvalue weighted by Crippen LogP contribution is -2.14. The van der Waals surface area contributed by atoms with Crippen molar-refractivity contribution in [2.24, 2.45) is 0 Å². The molecule has 0 saturated heterocycles. The van der Waals surface area contributed by atoms with E-state index >= 15 is 0 Å². The number of halogens is 1. The van der Waals surface area contributed by atoms with E-state index in [-0.39, 0.29) is 17.2 Å². The molecule has 1 amide bonds. The second kappa shape index (κ2) is 7.76. The van der Waals surface area contributed by atoms with Gasteiger partial charge < -0.3 is 20.3 Å². The molecule has 2 aromatic carbocycles. The number of amides is 1. The number of rotatable bonds is 5. The number of aromatic hydroxyl groups is 1. The average Bonchev–Trinajstić information content (AvgIpc) is 3.03. The van der Waals surface area contributed by atoms with Gasteiger partial charge in [-0.1, -0.05) is 22.8 Å². The van der Waals surface area contributed by atoms with Crippen LogP contribution in [0.15, 0.2) is 65.3 Å². The molecule has 0 bridgehead atoms. The molecule has 0 aliphatic carbocycles. The molecule has 26 heavy (non-hydrogen) atoms. The molecule has 0 spiro atoms. The molecule has 132 valence electrons. The summed E-state index contributed by atoms with van der Waals surface area (Å²) in [5.74, 6) is 0.0591. The highest BCUT2D eigenvalue weighted by Crippen LogP contribution is 2.21. The average molecular weight is 370 g/mol. The van der Waals surface area contributed by atoms with Crippen LogP contribution in [-0.2, 0) is 4.79 Å². The molecule has 3 rings (SSSR count). The first-order chi connectivity index (χ1) is 12.5. The summed E-state index contributed by atoms with van der Waals surface area (Å²) in [5.41, 5.74) is 2.13. The second-order valence-electron chi connectivity index (χ2n) is 5.55. The van der Waals surface area contributed by atoms with E-state index in [9.17, 15) is 9.90 Å². The topological polar surface area (TPSA) is 87.4 Å². The molecule has 0 radical (unpaired) electrons. The van der Waals surface area contributed by atoms with Crippen LogP contribution in [0.5, 0.6) is 5.75 Å². The fraction of sp³-hybridized carbons (Fsp3) is 0.0526. The number of hydrogen-bond acceptors (Lipinski definition) is 5. The standard InChI is InChI=1S/C19H16ClN3O3/c1-12-9-18(26-23-12)17(11-21-15-3-2-4-16(24)10-15)19(25)22-14-7-5-13(20)6-8-14/h2-11,21,24H,1H3,(H,22,25)/b17-11+. The van der Waals surface area contributed by atoms with Crippen molar-refractivity contribution in [3.63, 3.8) is 0 Å². The second-order valence-corrected chi connectivity index (χ2v) is 5.98. The fourth-order valence-corrected chi connectivity index (χ4v) is 2.35. The van der Waals surface area contributed by atoms with Crippen LogP contribution in [0, 0.1) is 6.92 Å². The highest BCUT2D eigenvalue weighted by Gasteiger charge is 2.17. The Bertz CT molecular complexity index is 949. The summed E-state index contributed by atoms with van der Waals surface area (Å²) >= 11 is 5.86. The first kappa shape index (κ1) is 17.6. The number of nitrogens with zero attached hydrogens (tertiary/aromatic N) is 1. The number of aromatic nitrogens is 1.